The maximum atomic E-state index is 13.4. The summed E-state index contributed by atoms with van der Waals surface area (Å²) in [7, 11) is 3.13. The number of fused-ring (bicyclic) bond motifs is 1. The molecule has 0 aliphatic heterocycles. The van der Waals surface area contributed by atoms with Crippen LogP contribution in [0.15, 0.2) is 39.9 Å². The summed E-state index contributed by atoms with van der Waals surface area (Å²) in [5.41, 5.74) is 2.34. The zero-order chi connectivity index (χ0) is 22.3. The van der Waals surface area contributed by atoms with E-state index < -0.39 is 11.2 Å². The Hall–Kier alpha value is -3.17. The zero-order valence-corrected chi connectivity index (χ0v) is 18.5. The van der Waals surface area contributed by atoms with Crippen LogP contribution in [0.2, 0.25) is 5.02 Å². The molecule has 0 atom stereocenters. The van der Waals surface area contributed by atoms with Gasteiger partial charge in [-0.05, 0) is 37.6 Å². The fourth-order valence-electron chi connectivity index (χ4n) is 3.70. The lowest BCUT2D eigenvalue weighted by Gasteiger charge is -2.12. The van der Waals surface area contributed by atoms with Gasteiger partial charge in [0.15, 0.2) is 11.2 Å². The second kappa shape index (κ2) is 8.16. The maximum Gasteiger partial charge on any atom is 0.332 e. The molecule has 0 radical (unpaired) electrons. The Morgan fingerprint density at radius 2 is 1.90 bits per heavy atom. The van der Waals surface area contributed by atoms with Gasteiger partial charge >= 0.3 is 5.69 Å². The number of ether oxygens (including phenoxy) is 1. The second-order valence-electron chi connectivity index (χ2n) is 7.43. The summed E-state index contributed by atoms with van der Waals surface area (Å²) in [4.78, 5) is 30.9. The molecular formula is C21H23ClN6O3. The first kappa shape index (κ1) is 21.1. The van der Waals surface area contributed by atoms with Crippen LogP contribution in [0.3, 0.4) is 0 Å². The van der Waals surface area contributed by atoms with E-state index in [1.54, 1.807) is 22.4 Å². The molecule has 0 unspecified atom stereocenters. The van der Waals surface area contributed by atoms with Crippen LogP contribution in [0.1, 0.15) is 17.0 Å². The minimum Gasteiger partial charge on any atom is -0.383 e. The van der Waals surface area contributed by atoms with Crippen LogP contribution in [0.5, 0.6) is 0 Å². The highest BCUT2D eigenvalue weighted by Gasteiger charge is 2.22. The molecule has 0 fully saturated rings. The standard InChI is InChI=1S/C21H23ClN6O3/c1-13-10-14(2)28(24-13)20-23-18-17(27(20)12-15-6-5-7-16(22)11-15)19(29)26(8-9-31-4)21(30)25(18)3/h5-7,10-11H,8-9,12H2,1-4H3. The maximum absolute atomic E-state index is 13.4. The third-order valence-electron chi connectivity index (χ3n) is 5.16. The number of hydrogen-bond donors (Lipinski definition) is 0. The van der Waals surface area contributed by atoms with Crippen molar-refractivity contribution in [3.63, 3.8) is 0 Å². The van der Waals surface area contributed by atoms with E-state index in [1.165, 1.54) is 16.2 Å². The van der Waals surface area contributed by atoms with Crippen LogP contribution < -0.4 is 11.2 Å². The lowest BCUT2D eigenvalue weighted by Crippen LogP contribution is -2.40. The van der Waals surface area contributed by atoms with Gasteiger partial charge in [0.05, 0.1) is 25.4 Å². The molecule has 0 N–H and O–H groups in total. The van der Waals surface area contributed by atoms with Crippen LogP contribution in [0.25, 0.3) is 17.1 Å². The van der Waals surface area contributed by atoms with Gasteiger partial charge in [0, 0.05) is 24.9 Å². The van der Waals surface area contributed by atoms with Gasteiger partial charge < -0.3 is 4.74 Å². The van der Waals surface area contributed by atoms with Crippen molar-refractivity contribution in [2.24, 2.45) is 7.05 Å². The lowest BCUT2D eigenvalue weighted by atomic mass is 10.2. The van der Waals surface area contributed by atoms with E-state index in [1.807, 2.05) is 38.1 Å². The van der Waals surface area contributed by atoms with Gasteiger partial charge in [-0.1, -0.05) is 23.7 Å². The molecule has 0 saturated heterocycles. The summed E-state index contributed by atoms with van der Waals surface area (Å²) in [6.45, 7) is 4.53. The first-order valence-electron chi connectivity index (χ1n) is 9.79. The van der Waals surface area contributed by atoms with Crippen molar-refractivity contribution in [2.75, 3.05) is 13.7 Å². The van der Waals surface area contributed by atoms with Gasteiger partial charge in [-0.3, -0.25) is 18.5 Å². The van der Waals surface area contributed by atoms with E-state index in [-0.39, 0.29) is 13.2 Å². The van der Waals surface area contributed by atoms with E-state index in [0.29, 0.717) is 28.7 Å². The normalized spacial score (nSPS) is 11.5. The minimum absolute atomic E-state index is 0.148. The summed E-state index contributed by atoms with van der Waals surface area (Å²) in [5, 5.41) is 5.14. The van der Waals surface area contributed by atoms with E-state index >= 15 is 0 Å². The second-order valence-corrected chi connectivity index (χ2v) is 7.87. The molecule has 0 spiro atoms. The number of hydrogen-bond acceptors (Lipinski definition) is 5. The molecule has 0 aliphatic carbocycles. The van der Waals surface area contributed by atoms with Gasteiger partial charge in [0.1, 0.15) is 0 Å². The highest BCUT2D eigenvalue weighted by Crippen LogP contribution is 2.20. The van der Waals surface area contributed by atoms with Gasteiger partial charge in [-0.15, -0.1) is 0 Å². The number of aryl methyl sites for hydroxylation is 3. The van der Waals surface area contributed by atoms with Crippen LogP contribution in [0.4, 0.5) is 0 Å². The Bertz CT molecular complexity index is 1390. The van der Waals surface area contributed by atoms with Crippen molar-refractivity contribution in [3.05, 3.63) is 73.1 Å². The Morgan fingerprint density at radius 3 is 2.55 bits per heavy atom. The highest BCUT2D eigenvalue weighted by molar-refractivity contribution is 6.30. The van der Waals surface area contributed by atoms with Crippen LogP contribution in [-0.4, -0.2) is 42.2 Å². The molecule has 3 aromatic heterocycles. The fourth-order valence-corrected chi connectivity index (χ4v) is 3.91. The summed E-state index contributed by atoms with van der Waals surface area (Å²) >= 11 is 6.18. The smallest absolute Gasteiger partial charge is 0.332 e. The summed E-state index contributed by atoms with van der Waals surface area (Å²) in [6, 6.07) is 9.34. The number of methoxy groups -OCH3 is 1. The predicted octanol–water partition coefficient (Wildman–Crippen LogP) is 2.05. The first-order valence-corrected chi connectivity index (χ1v) is 10.2. The SMILES string of the molecule is COCCn1c(=O)c2c(nc(-n3nc(C)cc3C)n2Cc2cccc(Cl)c2)n(C)c1=O. The summed E-state index contributed by atoms with van der Waals surface area (Å²) in [6.07, 6.45) is 0. The average Bonchev–Trinajstić information content (AvgIpc) is 3.25. The van der Waals surface area contributed by atoms with Crippen LogP contribution in [0, 0.1) is 13.8 Å². The molecule has 10 heteroatoms. The van der Waals surface area contributed by atoms with E-state index in [0.717, 1.165) is 17.0 Å². The number of benzene rings is 1. The fraction of sp³-hybridized carbons (Fsp3) is 0.333. The monoisotopic (exact) mass is 442 g/mol. The number of imidazole rings is 1. The van der Waals surface area contributed by atoms with Crippen molar-refractivity contribution in [2.45, 2.75) is 26.9 Å². The Balaban J connectivity index is 2.05. The zero-order valence-electron chi connectivity index (χ0n) is 17.8. The molecule has 9 nitrogen and oxygen atoms in total. The predicted molar refractivity (Wildman–Crippen MR) is 118 cm³/mol. The van der Waals surface area contributed by atoms with Crippen molar-refractivity contribution in [3.8, 4) is 5.95 Å². The molecule has 4 rings (SSSR count). The van der Waals surface area contributed by atoms with E-state index in [9.17, 15) is 9.59 Å². The van der Waals surface area contributed by atoms with Gasteiger partial charge in [0.25, 0.3) is 5.56 Å². The van der Waals surface area contributed by atoms with Crippen LogP contribution in [-0.2, 0) is 24.9 Å². The third-order valence-corrected chi connectivity index (χ3v) is 5.40. The molecule has 4 aromatic rings. The van der Waals surface area contributed by atoms with Gasteiger partial charge in [-0.25, -0.2) is 9.48 Å². The summed E-state index contributed by atoms with van der Waals surface area (Å²) < 4.78 is 11.1. The average molecular weight is 443 g/mol. The van der Waals surface area contributed by atoms with E-state index in [2.05, 4.69) is 10.1 Å². The van der Waals surface area contributed by atoms with Crippen molar-refractivity contribution >= 4 is 22.8 Å². The quantitative estimate of drug-likeness (QED) is 0.456. The Morgan fingerprint density at radius 1 is 1.13 bits per heavy atom. The number of halogens is 1. The molecular weight excluding hydrogens is 420 g/mol. The van der Waals surface area contributed by atoms with Crippen molar-refractivity contribution in [1.82, 2.24) is 28.5 Å². The molecule has 0 saturated carbocycles. The number of nitrogens with zero attached hydrogens (tertiary/aromatic N) is 6. The van der Waals surface area contributed by atoms with Crippen molar-refractivity contribution in [1.29, 1.82) is 0 Å². The van der Waals surface area contributed by atoms with Crippen LogP contribution >= 0.6 is 11.6 Å². The third kappa shape index (κ3) is 3.70. The van der Waals surface area contributed by atoms with Crippen molar-refractivity contribution < 1.29 is 4.74 Å². The molecule has 0 aliphatic rings. The number of rotatable bonds is 6. The molecule has 1 aromatic carbocycles. The Labute approximate surface area is 183 Å². The molecule has 162 valence electrons. The highest BCUT2D eigenvalue weighted by atomic mass is 35.5. The molecule has 3 heterocycles. The van der Waals surface area contributed by atoms with E-state index in [4.69, 9.17) is 16.3 Å². The lowest BCUT2D eigenvalue weighted by molar-refractivity contribution is 0.184. The number of aromatic nitrogens is 6. The van der Waals surface area contributed by atoms with Gasteiger partial charge in [-0.2, -0.15) is 10.1 Å². The molecule has 31 heavy (non-hydrogen) atoms. The minimum atomic E-state index is -0.443. The first-order chi connectivity index (χ1) is 14.8. The largest absolute Gasteiger partial charge is 0.383 e. The molecule has 0 amide bonds. The molecule has 0 bridgehead atoms. The van der Waals surface area contributed by atoms with Gasteiger partial charge in [0.2, 0.25) is 5.95 Å². The Kier molecular flexibility index (Phi) is 5.55. The summed E-state index contributed by atoms with van der Waals surface area (Å²) in [5.74, 6) is 0.456. The topological polar surface area (TPSA) is 88.9 Å².